The van der Waals surface area contributed by atoms with Crippen molar-refractivity contribution in [3.8, 4) is 5.75 Å². The van der Waals surface area contributed by atoms with E-state index in [0.717, 1.165) is 5.56 Å². The number of ether oxygens (including phenoxy) is 1. The molecule has 0 aliphatic carbocycles. The summed E-state index contributed by atoms with van der Waals surface area (Å²) in [6.45, 7) is 1.68. The van der Waals surface area contributed by atoms with E-state index in [1.807, 2.05) is 0 Å². The fraction of sp³-hybridized carbons (Fsp3) is 0.417. The Morgan fingerprint density at radius 2 is 2.29 bits per heavy atom. The molecule has 1 atom stereocenters. The van der Waals surface area contributed by atoms with Gasteiger partial charge in [-0.15, -0.1) is 0 Å². The van der Waals surface area contributed by atoms with Gasteiger partial charge in [-0.2, -0.15) is 0 Å². The molecule has 17 heavy (non-hydrogen) atoms. The fourth-order valence-electron chi connectivity index (χ4n) is 1.94. The lowest BCUT2D eigenvalue weighted by molar-refractivity contribution is 0.0987. The van der Waals surface area contributed by atoms with Gasteiger partial charge in [-0.25, -0.2) is 0 Å². The third kappa shape index (κ3) is 2.15. The number of aliphatic hydroxyl groups is 1. The van der Waals surface area contributed by atoms with Crippen LogP contribution in [0.3, 0.4) is 0 Å². The Bertz CT molecular complexity index is 471. The molecule has 0 saturated heterocycles. The van der Waals surface area contributed by atoms with Crippen LogP contribution < -0.4 is 4.74 Å². The van der Waals surface area contributed by atoms with Crippen LogP contribution in [0.2, 0.25) is 10.0 Å². The number of halogens is 2. The van der Waals surface area contributed by atoms with Gasteiger partial charge >= 0.3 is 0 Å². The van der Waals surface area contributed by atoms with Crippen LogP contribution in [-0.4, -0.2) is 23.6 Å². The maximum absolute atomic E-state index is 11.8. The van der Waals surface area contributed by atoms with Gasteiger partial charge in [-0.05, 0) is 6.07 Å². The lowest BCUT2D eigenvalue weighted by atomic mass is 9.98. The van der Waals surface area contributed by atoms with E-state index in [1.54, 1.807) is 13.0 Å². The molecule has 1 unspecified atom stereocenters. The van der Waals surface area contributed by atoms with Gasteiger partial charge in [0.1, 0.15) is 16.9 Å². The number of fused-ring (bicyclic) bond motifs is 1. The van der Waals surface area contributed by atoms with E-state index in [2.05, 4.69) is 0 Å². The van der Waals surface area contributed by atoms with Crippen LogP contribution in [0.4, 0.5) is 0 Å². The van der Waals surface area contributed by atoms with Crippen molar-refractivity contribution in [2.75, 3.05) is 6.61 Å². The monoisotopic (exact) mass is 274 g/mol. The van der Waals surface area contributed by atoms with E-state index < -0.39 is 0 Å². The Hall–Kier alpha value is -0.770. The minimum Gasteiger partial charge on any atom is -0.486 e. The summed E-state index contributed by atoms with van der Waals surface area (Å²) >= 11 is 12.0. The highest BCUT2D eigenvalue weighted by molar-refractivity contribution is 6.43. The quantitative estimate of drug-likeness (QED) is 0.863. The van der Waals surface area contributed by atoms with E-state index in [0.29, 0.717) is 34.2 Å². The standard InChI is InChI=1S/C12H12Cl2O3/c1-2-10(16)7-4-9(13)11(14)12-8(7)3-6(5-15)17-12/h4,6,15H,2-3,5H2,1H3. The van der Waals surface area contributed by atoms with Crippen molar-refractivity contribution in [3.05, 3.63) is 27.2 Å². The van der Waals surface area contributed by atoms with E-state index in [1.165, 1.54) is 0 Å². The van der Waals surface area contributed by atoms with E-state index in [-0.39, 0.29) is 18.5 Å². The number of hydrogen-bond acceptors (Lipinski definition) is 3. The predicted octanol–water partition coefficient (Wildman–Crippen LogP) is 2.88. The Kier molecular flexibility index (Phi) is 3.61. The van der Waals surface area contributed by atoms with Crippen LogP contribution in [0.5, 0.6) is 5.75 Å². The highest BCUT2D eigenvalue weighted by Crippen LogP contribution is 2.42. The minimum absolute atomic E-state index is 0.00186. The average Bonchev–Trinajstić information content (AvgIpc) is 2.77. The molecular formula is C12H12Cl2O3. The molecule has 0 fully saturated rings. The molecule has 1 heterocycles. The smallest absolute Gasteiger partial charge is 0.163 e. The van der Waals surface area contributed by atoms with E-state index in [9.17, 15) is 4.79 Å². The van der Waals surface area contributed by atoms with Gasteiger partial charge in [-0.3, -0.25) is 4.79 Å². The third-order valence-corrected chi connectivity index (χ3v) is 3.59. The molecule has 0 amide bonds. The maximum atomic E-state index is 11.8. The van der Waals surface area contributed by atoms with Crippen LogP contribution in [-0.2, 0) is 6.42 Å². The first-order valence-corrected chi connectivity index (χ1v) is 6.15. The highest BCUT2D eigenvalue weighted by Gasteiger charge is 2.30. The second-order valence-electron chi connectivity index (χ2n) is 3.93. The normalized spacial score (nSPS) is 17.8. The zero-order valence-electron chi connectivity index (χ0n) is 9.30. The zero-order valence-corrected chi connectivity index (χ0v) is 10.8. The Labute approximate surface area is 109 Å². The van der Waals surface area contributed by atoms with Crippen LogP contribution in [0.25, 0.3) is 0 Å². The molecule has 0 aromatic heterocycles. The zero-order chi connectivity index (χ0) is 12.6. The first kappa shape index (κ1) is 12.7. The summed E-state index contributed by atoms with van der Waals surface area (Å²) in [4.78, 5) is 11.8. The largest absolute Gasteiger partial charge is 0.486 e. The first-order chi connectivity index (χ1) is 8.08. The fourth-order valence-corrected chi connectivity index (χ4v) is 2.35. The molecule has 0 spiro atoms. The molecule has 92 valence electrons. The average molecular weight is 275 g/mol. The van der Waals surface area contributed by atoms with E-state index in [4.69, 9.17) is 33.0 Å². The van der Waals surface area contributed by atoms with Crippen molar-refractivity contribution < 1.29 is 14.6 Å². The highest BCUT2D eigenvalue weighted by atomic mass is 35.5. The van der Waals surface area contributed by atoms with Crippen molar-refractivity contribution in [1.29, 1.82) is 0 Å². The van der Waals surface area contributed by atoms with Crippen molar-refractivity contribution >= 4 is 29.0 Å². The molecule has 1 aromatic rings. The van der Waals surface area contributed by atoms with Crippen molar-refractivity contribution in [2.24, 2.45) is 0 Å². The molecule has 0 radical (unpaired) electrons. The lowest BCUT2D eigenvalue weighted by Gasteiger charge is -2.09. The molecule has 5 heteroatoms. The molecule has 1 aliphatic heterocycles. The Morgan fingerprint density at radius 1 is 1.59 bits per heavy atom. The summed E-state index contributed by atoms with van der Waals surface area (Å²) < 4.78 is 5.48. The number of aliphatic hydroxyl groups excluding tert-OH is 1. The number of hydrogen-bond donors (Lipinski definition) is 1. The second-order valence-corrected chi connectivity index (χ2v) is 4.72. The molecule has 1 aromatic carbocycles. The summed E-state index contributed by atoms with van der Waals surface area (Å²) in [5.41, 5.74) is 1.30. The van der Waals surface area contributed by atoms with Crippen molar-refractivity contribution in [1.82, 2.24) is 0 Å². The van der Waals surface area contributed by atoms with Crippen LogP contribution >= 0.6 is 23.2 Å². The summed E-state index contributed by atoms with van der Waals surface area (Å²) in [5.74, 6) is 0.442. The van der Waals surface area contributed by atoms with Gasteiger partial charge in [0, 0.05) is 24.0 Å². The maximum Gasteiger partial charge on any atom is 0.163 e. The molecular weight excluding hydrogens is 263 g/mol. The number of rotatable bonds is 3. The van der Waals surface area contributed by atoms with Gasteiger partial charge in [0.05, 0.1) is 11.6 Å². The Balaban J connectivity index is 2.54. The molecule has 0 bridgehead atoms. The molecule has 3 nitrogen and oxygen atoms in total. The van der Waals surface area contributed by atoms with Crippen molar-refractivity contribution in [3.63, 3.8) is 0 Å². The predicted molar refractivity (Wildman–Crippen MR) is 66.3 cm³/mol. The summed E-state index contributed by atoms with van der Waals surface area (Å²) in [6, 6.07) is 1.58. The number of Topliss-reactive ketones (excluding diaryl/α,β-unsaturated/α-hetero) is 1. The summed E-state index contributed by atoms with van der Waals surface area (Å²) in [6.07, 6.45) is 0.544. The molecule has 1 aliphatic rings. The Morgan fingerprint density at radius 3 is 2.88 bits per heavy atom. The SMILES string of the molecule is CCC(=O)c1cc(Cl)c(Cl)c2c1CC(CO)O2. The van der Waals surface area contributed by atoms with Crippen LogP contribution in [0, 0.1) is 0 Å². The van der Waals surface area contributed by atoms with Gasteiger partial charge in [-0.1, -0.05) is 30.1 Å². The number of benzene rings is 1. The summed E-state index contributed by atoms with van der Waals surface area (Å²) in [5, 5.41) is 9.72. The molecule has 2 rings (SSSR count). The first-order valence-electron chi connectivity index (χ1n) is 5.40. The number of carbonyl (C=O) groups is 1. The topological polar surface area (TPSA) is 46.5 Å². The van der Waals surface area contributed by atoms with Gasteiger partial charge in [0.15, 0.2) is 5.78 Å². The molecule has 1 N–H and O–H groups in total. The van der Waals surface area contributed by atoms with Crippen LogP contribution in [0.15, 0.2) is 6.07 Å². The lowest BCUT2D eigenvalue weighted by Crippen LogP contribution is -2.17. The van der Waals surface area contributed by atoms with E-state index >= 15 is 0 Å². The second kappa shape index (κ2) is 4.84. The van der Waals surface area contributed by atoms with Gasteiger partial charge in [0.2, 0.25) is 0 Å². The number of carbonyl (C=O) groups excluding carboxylic acids is 1. The molecule has 0 saturated carbocycles. The summed E-state index contributed by atoms with van der Waals surface area (Å²) in [7, 11) is 0. The van der Waals surface area contributed by atoms with Gasteiger partial charge in [0.25, 0.3) is 0 Å². The van der Waals surface area contributed by atoms with Crippen molar-refractivity contribution in [2.45, 2.75) is 25.9 Å². The number of ketones is 1. The van der Waals surface area contributed by atoms with Crippen LogP contribution in [0.1, 0.15) is 29.3 Å². The third-order valence-electron chi connectivity index (χ3n) is 2.82. The van der Waals surface area contributed by atoms with Gasteiger partial charge < -0.3 is 9.84 Å². The minimum atomic E-state index is -0.343.